The molecule has 1 rings (SSSR count). The van der Waals surface area contributed by atoms with E-state index in [9.17, 15) is 4.79 Å². The fourth-order valence-electron chi connectivity index (χ4n) is 1.35. The summed E-state index contributed by atoms with van der Waals surface area (Å²) in [6.45, 7) is 2.57. The third-order valence-electron chi connectivity index (χ3n) is 2.17. The van der Waals surface area contributed by atoms with E-state index < -0.39 is 0 Å². The predicted octanol–water partition coefficient (Wildman–Crippen LogP) is 2.86. The molecule has 0 spiro atoms. The number of ether oxygens (including phenoxy) is 1. The molecule has 1 aromatic carbocycles. The number of carbonyl (C=O) groups is 1. The van der Waals surface area contributed by atoms with Crippen LogP contribution < -0.4 is 10.1 Å². The number of hydrogen-bond donors (Lipinski definition) is 1. The summed E-state index contributed by atoms with van der Waals surface area (Å²) >= 11 is 2.82. The van der Waals surface area contributed by atoms with E-state index in [-0.39, 0.29) is 4.82 Å². The van der Waals surface area contributed by atoms with Gasteiger partial charge in [0.1, 0.15) is 5.75 Å². The minimum atomic E-state index is -0.216. The Morgan fingerprint density at radius 3 is 2.80 bits per heavy atom. The number of aryl methyl sites for hydroxylation is 1. The van der Waals surface area contributed by atoms with Crippen LogP contribution in [-0.4, -0.2) is 11.9 Å². The van der Waals surface area contributed by atoms with Gasteiger partial charge in [-0.15, -0.1) is 0 Å². The molecule has 0 aromatic heterocycles. The molecule has 0 aliphatic carbocycles. The van der Waals surface area contributed by atoms with Gasteiger partial charge in [0.2, 0.25) is 0 Å². The first-order chi connectivity index (χ1) is 7.17. The SMILES string of the molecule is CCc1ccc(OC)c(CNC(=O)Br)c1. The van der Waals surface area contributed by atoms with Crippen molar-refractivity contribution in [2.45, 2.75) is 19.9 Å². The van der Waals surface area contributed by atoms with Gasteiger partial charge in [-0.1, -0.05) is 19.1 Å². The Kier molecular flexibility index (Phi) is 4.62. The van der Waals surface area contributed by atoms with Gasteiger partial charge in [0.05, 0.1) is 7.11 Å². The smallest absolute Gasteiger partial charge is 0.287 e. The third kappa shape index (κ3) is 3.55. The molecule has 1 N–H and O–H groups in total. The minimum Gasteiger partial charge on any atom is -0.496 e. The molecule has 82 valence electrons. The second-order valence-corrected chi connectivity index (χ2v) is 3.85. The first kappa shape index (κ1) is 12.0. The molecule has 0 saturated carbocycles. The summed E-state index contributed by atoms with van der Waals surface area (Å²) in [5, 5.41) is 2.69. The zero-order valence-electron chi connectivity index (χ0n) is 8.84. The summed E-state index contributed by atoms with van der Waals surface area (Å²) < 4.78 is 5.21. The van der Waals surface area contributed by atoms with Crippen molar-refractivity contribution in [1.82, 2.24) is 5.32 Å². The van der Waals surface area contributed by atoms with Crippen LogP contribution in [0.2, 0.25) is 0 Å². The zero-order valence-corrected chi connectivity index (χ0v) is 10.4. The van der Waals surface area contributed by atoms with Crippen molar-refractivity contribution in [2.75, 3.05) is 7.11 Å². The Hall–Kier alpha value is -1.03. The van der Waals surface area contributed by atoms with Gasteiger partial charge in [-0.05, 0) is 18.1 Å². The Morgan fingerprint density at radius 1 is 1.53 bits per heavy atom. The Labute approximate surface area is 97.9 Å². The van der Waals surface area contributed by atoms with Crippen LogP contribution >= 0.6 is 15.9 Å². The molecule has 0 bridgehead atoms. The Bertz CT molecular complexity index is 352. The van der Waals surface area contributed by atoms with Crippen molar-refractivity contribution in [1.29, 1.82) is 0 Å². The van der Waals surface area contributed by atoms with Crippen LogP contribution in [0.15, 0.2) is 18.2 Å². The van der Waals surface area contributed by atoms with Crippen LogP contribution in [-0.2, 0) is 13.0 Å². The van der Waals surface area contributed by atoms with E-state index in [1.165, 1.54) is 5.56 Å². The molecule has 0 saturated heterocycles. The lowest BCUT2D eigenvalue weighted by molar-refractivity contribution is 0.261. The van der Waals surface area contributed by atoms with E-state index in [1.54, 1.807) is 7.11 Å². The summed E-state index contributed by atoms with van der Waals surface area (Å²) in [6.07, 6.45) is 0.971. The first-order valence-corrected chi connectivity index (χ1v) is 5.55. The molecule has 0 radical (unpaired) electrons. The number of benzene rings is 1. The highest BCUT2D eigenvalue weighted by molar-refractivity contribution is 9.18. The number of methoxy groups -OCH3 is 1. The van der Waals surface area contributed by atoms with Gasteiger partial charge >= 0.3 is 0 Å². The summed E-state index contributed by atoms with van der Waals surface area (Å²) in [7, 11) is 1.63. The second-order valence-electron chi connectivity index (χ2n) is 3.13. The zero-order chi connectivity index (χ0) is 11.3. The lowest BCUT2D eigenvalue weighted by Gasteiger charge is -2.10. The maximum atomic E-state index is 10.7. The fraction of sp³-hybridized carbons (Fsp3) is 0.364. The average molecular weight is 272 g/mol. The summed E-state index contributed by atoms with van der Waals surface area (Å²) in [4.78, 5) is 10.5. The topological polar surface area (TPSA) is 38.3 Å². The molecule has 15 heavy (non-hydrogen) atoms. The Morgan fingerprint density at radius 2 is 2.27 bits per heavy atom. The van der Waals surface area contributed by atoms with E-state index in [1.807, 2.05) is 18.2 Å². The molecular formula is C11H14BrNO2. The van der Waals surface area contributed by atoms with Crippen LogP contribution in [0, 0.1) is 0 Å². The maximum Gasteiger partial charge on any atom is 0.287 e. The van der Waals surface area contributed by atoms with Crippen molar-refractivity contribution in [3.63, 3.8) is 0 Å². The third-order valence-corrected chi connectivity index (χ3v) is 2.45. The van der Waals surface area contributed by atoms with Crippen molar-refractivity contribution >= 4 is 20.7 Å². The van der Waals surface area contributed by atoms with Gasteiger partial charge in [0.15, 0.2) is 0 Å². The molecule has 1 amide bonds. The number of hydrogen-bond acceptors (Lipinski definition) is 2. The lowest BCUT2D eigenvalue weighted by Crippen LogP contribution is -2.15. The largest absolute Gasteiger partial charge is 0.496 e. The molecule has 1 aromatic rings. The van der Waals surface area contributed by atoms with Crippen molar-refractivity contribution in [2.24, 2.45) is 0 Å². The number of halogens is 1. The molecule has 3 nitrogen and oxygen atoms in total. The monoisotopic (exact) mass is 271 g/mol. The molecule has 0 atom stereocenters. The van der Waals surface area contributed by atoms with Crippen molar-refractivity contribution in [3.05, 3.63) is 29.3 Å². The number of carbonyl (C=O) groups excluding carboxylic acids is 1. The van der Waals surface area contributed by atoms with Gasteiger partial charge in [0.25, 0.3) is 4.82 Å². The molecule has 0 heterocycles. The highest BCUT2D eigenvalue weighted by Gasteiger charge is 2.04. The van der Waals surface area contributed by atoms with Gasteiger partial charge in [0, 0.05) is 28.0 Å². The molecule has 4 heteroatoms. The molecule has 0 fully saturated rings. The Balaban J connectivity index is 2.85. The number of nitrogens with one attached hydrogen (secondary N) is 1. The molecule has 0 aliphatic heterocycles. The normalized spacial score (nSPS) is 9.80. The number of rotatable bonds is 4. The van der Waals surface area contributed by atoms with Gasteiger partial charge in [-0.25, -0.2) is 0 Å². The second kappa shape index (κ2) is 5.75. The van der Waals surface area contributed by atoms with E-state index in [0.717, 1.165) is 17.7 Å². The number of amides is 1. The quantitative estimate of drug-likeness (QED) is 0.676. The molecular weight excluding hydrogens is 258 g/mol. The van der Waals surface area contributed by atoms with Crippen LogP contribution in [0.1, 0.15) is 18.1 Å². The van der Waals surface area contributed by atoms with Crippen LogP contribution in [0.25, 0.3) is 0 Å². The fourth-order valence-corrected chi connectivity index (χ4v) is 1.49. The highest BCUT2D eigenvalue weighted by atomic mass is 79.9. The van der Waals surface area contributed by atoms with Crippen molar-refractivity contribution in [3.8, 4) is 5.75 Å². The standard InChI is InChI=1S/C11H14BrNO2/c1-3-8-4-5-10(15-2)9(6-8)7-13-11(12)14/h4-6H,3,7H2,1-2H3,(H,13,14). The van der Waals surface area contributed by atoms with Gasteiger partial charge in [-0.3, -0.25) is 4.79 Å². The van der Waals surface area contributed by atoms with Crippen LogP contribution in [0.5, 0.6) is 5.75 Å². The van der Waals surface area contributed by atoms with Crippen LogP contribution in [0.3, 0.4) is 0 Å². The first-order valence-electron chi connectivity index (χ1n) is 4.76. The summed E-state index contributed by atoms with van der Waals surface area (Å²) in [5.74, 6) is 0.799. The average Bonchev–Trinajstić information content (AvgIpc) is 2.25. The highest BCUT2D eigenvalue weighted by Crippen LogP contribution is 2.20. The van der Waals surface area contributed by atoms with Gasteiger partial charge in [-0.2, -0.15) is 0 Å². The van der Waals surface area contributed by atoms with E-state index >= 15 is 0 Å². The van der Waals surface area contributed by atoms with Crippen molar-refractivity contribution < 1.29 is 9.53 Å². The van der Waals surface area contributed by atoms with Crippen LogP contribution in [0.4, 0.5) is 4.79 Å². The molecule has 0 aliphatic rings. The minimum absolute atomic E-state index is 0.216. The van der Waals surface area contributed by atoms with E-state index in [4.69, 9.17) is 4.74 Å². The molecule has 0 unspecified atom stereocenters. The van der Waals surface area contributed by atoms with Gasteiger partial charge < -0.3 is 10.1 Å². The lowest BCUT2D eigenvalue weighted by atomic mass is 10.1. The van der Waals surface area contributed by atoms with E-state index in [2.05, 4.69) is 28.2 Å². The predicted molar refractivity (Wildman–Crippen MR) is 63.5 cm³/mol. The van der Waals surface area contributed by atoms with E-state index in [0.29, 0.717) is 6.54 Å². The summed E-state index contributed by atoms with van der Waals surface area (Å²) in [5.41, 5.74) is 2.22. The maximum absolute atomic E-state index is 10.7. The summed E-state index contributed by atoms with van der Waals surface area (Å²) in [6, 6.07) is 5.99.